The van der Waals surface area contributed by atoms with E-state index in [4.69, 9.17) is 0 Å². The van der Waals surface area contributed by atoms with Gasteiger partial charge in [0.15, 0.2) is 0 Å². The Morgan fingerprint density at radius 2 is 2.10 bits per heavy atom. The van der Waals surface area contributed by atoms with Gasteiger partial charge in [-0.15, -0.1) is 0 Å². The van der Waals surface area contributed by atoms with Crippen LogP contribution in [-0.4, -0.2) is 30.0 Å². The number of carbonyl (C=O) groups excluding carboxylic acids is 1. The van der Waals surface area contributed by atoms with Crippen LogP contribution in [0.4, 0.5) is 0 Å². The summed E-state index contributed by atoms with van der Waals surface area (Å²) in [6, 6.07) is -0.158. The second-order valence-corrected chi connectivity index (χ2v) is 5.86. The molecule has 2 atom stereocenters. The minimum absolute atomic E-state index is 0.0948. The topological polar surface area (TPSA) is 56.4 Å². The Hall–Kier alpha value is -1.33. The van der Waals surface area contributed by atoms with Gasteiger partial charge < -0.3 is 5.43 Å². The lowest BCUT2D eigenvalue weighted by molar-refractivity contribution is -0.129. The quantitative estimate of drug-likeness (QED) is 0.710. The minimum atomic E-state index is -0.158. The Balaban J connectivity index is 1.62. The van der Waals surface area contributed by atoms with Crippen LogP contribution in [0.25, 0.3) is 0 Å². The van der Waals surface area contributed by atoms with Gasteiger partial charge in [-0.3, -0.25) is 10.2 Å². The number of fused-ring (bicyclic) bond motifs is 1. The normalized spacial score (nSPS) is 34.9. The Morgan fingerprint density at radius 3 is 2.95 bits per heavy atom. The van der Waals surface area contributed by atoms with Crippen molar-refractivity contribution in [2.45, 2.75) is 44.6 Å². The fourth-order valence-electron chi connectivity index (χ4n) is 3.22. The van der Waals surface area contributed by atoms with E-state index in [1.807, 2.05) is 0 Å². The van der Waals surface area contributed by atoms with Crippen LogP contribution in [0.1, 0.15) is 38.5 Å². The zero-order chi connectivity index (χ0) is 13.8. The van der Waals surface area contributed by atoms with E-state index in [9.17, 15) is 4.79 Å². The highest BCUT2D eigenvalue weighted by Crippen LogP contribution is 2.26. The van der Waals surface area contributed by atoms with Gasteiger partial charge in [0.25, 0.3) is 5.91 Å². The molecule has 5 heteroatoms. The maximum absolute atomic E-state index is 12.5. The van der Waals surface area contributed by atoms with E-state index in [1.54, 1.807) is 0 Å². The van der Waals surface area contributed by atoms with Crippen LogP contribution in [0.5, 0.6) is 0 Å². The average Bonchev–Trinajstić information content (AvgIpc) is 2.82. The molecule has 2 saturated heterocycles. The molecule has 3 rings (SSSR count). The molecule has 1 aliphatic carbocycles. The van der Waals surface area contributed by atoms with Crippen molar-refractivity contribution in [3.05, 3.63) is 23.9 Å². The first-order valence-electron chi connectivity index (χ1n) is 7.78. The van der Waals surface area contributed by atoms with Gasteiger partial charge in [0.2, 0.25) is 0 Å². The highest BCUT2D eigenvalue weighted by atomic mass is 16.2. The van der Waals surface area contributed by atoms with Crippen molar-refractivity contribution in [3.63, 3.8) is 0 Å². The number of nitrogens with zero attached hydrogens (tertiary/aromatic N) is 1. The molecule has 0 aromatic heterocycles. The fraction of sp³-hybridized carbons (Fsp3) is 0.667. The number of piperidine rings is 1. The number of hydrogen-bond donors (Lipinski definition) is 3. The predicted octanol–water partition coefficient (Wildman–Crippen LogP) is 1.22. The maximum Gasteiger partial charge on any atom is 0.253 e. The molecule has 2 fully saturated rings. The third-order valence-corrected chi connectivity index (χ3v) is 4.38. The van der Waals surface area contributed by atoms with Gasteiger partial charge in [-0.1, -0.05) is 18.6 Å². The number of nitrogens with one attached hydrogen (secondary N) is 3. The Kier molecular flexibility index (Phi) is 4.38. The number of hydrogen-bond acceptors (Lipinski definition) is 4. The summed E-state index contributed by atoms with van der Waals surface area (Å²) in [7, 11) is 0. The number of allylic oxidation sites excluding steroid dienone is 3. The van der Waals surface area contributed by atoms with Crippen LogP contribution in [-0.2, 0) is 4.79 Å². The highest BCUT2D eigenvalue weighted by molar-refractivity contribution is 5.82. The highest BCUT2D eigenvalue weighted by Gasteiger charge is 2.36. The molecule has 3 N–H and O–H groups in total. The zero-order valence-corrected chi connectivity index (χ0v) is 11.9. The maximum atomic E-state index is 12.5. The van der Waals surface area contributed by atoms with E-state index in [1.165, 1.54) is 19.3 Å². The average molecular weight is 276 g/mol. The molecule has 5 nitrogen and oxygen atoms in total. The van der Waals surface area contributed by atoms with E-state index in [2.05, 4.69) is 39.5 Å². The van der Waals surface area contributed by atoms with E-state index in [-0.39, 0.29) is 17.9 Å². The number of hydrazine groups is 2. The first-order chi connectivity index (χ1) is 9.84. The van der Waals surface area contributed by atoms with Crippen LogP contribution >= 0.6 is 0 Å². The van der Waals surface area contributed by atoms with Gasteiger partial charge in [-0.25, -0.2) is 10.4 Å². The Morgan fingerprint density at radius 1 is 1.25 bits per heavy atom. The molecule has 0 saturated carbocycles. The van der Waals surface area contributed by atoms with Crippen molar-refractivity contribution in [2.24, 2.45) is 5.92 Å². The lowest BCUT2D eigenvalue weighted by atomic mass is 9.90. The van der Waals surface area contributed by atoms with E-state index in [0.29, 0.717) is 0 Å². The van der Waals surface area contributed by atoms with Crippen LogP contribution < -0.4 is 16.3 Å². The van der Waals surface area contributed by atoms with Crippen LogP contribution in [0.3, 0.4) is 0 Å². The molecule has 3 aliphatic rings. The van der Waals surface area contributed by atoms with Gasteiger partial charge in [-0.2, -0.15) is 0 Å². The van der Waals surface area contributed by atoms with Crippen molar-refractivity contribution in [1.29, 1.82) is 0 Å². The van der Waals surface area contributed by atoms with Crippen LogP contribution in [0, 0.1) is 5.92 Å². The molecule has 110 valence electrons. The smallest absolute Gasteiger partial charge is 0.253 e. The largest absolute Gasteiger partial charge is 0.324 e. The summed E-state index contributed by atoms with van der Waals surface area (Å²) < 4.78 is 0. The first kappa shape index (κ1) is 13.6. The van der Waals surface area contributed by atoms with Crippen molar-refractivity contribution in [2.75, 3.05) is 13.1 Å². The van der Waals surface area contributed by atoms with Crippen molar-refractivity contribution < 1.29 is 4.79 Å². The summed E-state index contributed by atoms with van der Waals surface area (Å²) >= 11 is 0. The van der Waals surface area contributed by atoms with Crippen molar-refractivity contribution in [1.82, 2.24) is 21.3 Å². The van der Waals surface area contributed by atoms with E-state index >= 15 is 0 Å². The molecule has 0 aromatic rings. The monoisotopic (exact) mass is 276 g/mol. The van der Waals surface area contributed by atoms with E-state index < -0.39 is 0 Å². The lowest BCUT2D eigenvalue weighted by Gasteiger charge is -2.29. The van der Waals surface area contributed by atoms with Crippen LogP contribution in [0.15, 0.2) is 23.9 Å². The number of rotatable bonds is 2. The first-order valence-corrected chi connectivity index (χ1v) is 7.78. The molecule has 0 radical (unpaired) electrons. The second kappa shape index (κ2) is 6.41. The summed E-state index contributed by atoms with van der Waals surface area (Å²) in [6.45, 7) is 1.95. The third-order valence-electron chi connectivity index (χ3n) is 4.38. The minimum Gasteiger partial charge on any atom is -0.324 e. The summed E-state index contributed by atoms with van der Waals surface area (Å²) in [6.07, 6.45) is 13.3. The molecule has 0 bridgehead atoms. The summed E-state index contributed by atoms with van der Waals surface area (Å²) in [5, 5.41) is 2.07. The molecule has 2 aliphatic heterocycles. The number of carbonyl (C=O) groups is 1. The molecule has 2 heterocycles. The summed E-state index contributed by atoms with van der Waals surface area (Å²) in [5.74, 6) is 0.363. The Bertz CT molecular complexity index is 412. The molecule has 20 heavy (non-hydrogen) atoms. The standard InChI is InChI=1S/C15H24N4O/c20-15(18-19-10-6-3-7-11-19)14-12-8-4-1-2-5-9-13(12)16-17-14/h2,5,9,12,14,16-17H,1,3-4,6-8,10-11H2,(H,18,20)/b5-2-,13-9+. The van der Waals surface area contributed by atoms with Gasteiger partial charge in [0.1, 0.15) is 6.04 Å². The van der Waals surface area contributed by atoms with Gasteiger partial charge in [-0.05, 0) is 38.2 Å². The lowest BCUT2D eigenvalue weighted by Crippen LogP contribution is -2.53. The predicted molar refractivity (Wildman–Crippen MR) is 78.2 cm³/mol. The molecule has 2 unspecified atom stereocenters. The SMILES string of the molecule is O=C(NN1CCCCC1)C1NN/C2=C/C=C\CCCC21. The van der Waals surface area contributed by atoms with Gasteiger partial charge in [0.05, 0.1) is 0 Å². The van der Waals surface area contributed by atoms with E-state index in [0.717, 1.165) is 38.0 Å². The third kappa shape index (κ3) is 3.04. The molecule has 0 spiro atoms. The molecule has 1 amide bonds. The molecular formula is C15H24N4O. The fourth-order valence-corrected chi connectivity index (χ4v) is 3.22. The van der Waals surface area contributed by atoms with Gasteiger partial charge in [0, 0.05) is 24.7 Å². The van der Waals surface area contributed by atoms with Crippen LogP contribution in [0.2, 0.25) is 0 Å². The second-order valence-electron chi connectivity index (χ2n) is 5.86. The zero-order valence-electron chi connectivity index (χ0n) is 11.9. The summed E-state index contributed by atoms with van der Waals surface area (Å²) in [5.41, 5.74) is 10.5. The van der Waals surface area contributed by atoms with Crippen molar-refractivity contribution in [3.8, 4) is 0 Å². The van der Waals surface area contributed by atoms with Crippen molar-refractivity contribution >= 4 is 5.91 Å². The molecule has 0 aromatic carbocycles. The van der Waals surface area contributed by atoms with Gasteiger partial charge >= 0.3 is 0 Å². The Labute approximate surface area is 120 Å². The molecular weight excluding hydrogens is 252 g/mol. The number of amides is 1. The summed E-state index contributed by atoms with van der Waals surface area (Å²) in [4.78, 5) is 12.5.